The maximum absolute atomic E-state index is 8.75. The van der Waals surface area contributed by atoms with Crippen molar-refractivity contribution in [2.45, 2.75) is 6.92 Å². The van der Waals surface area contributed by atoms with E-state index in [2.05, 4.69) is 15.0 Å². The molecule has 0 saturated heterocycles. The lowest BCUT2D eigenvalue weighted by Crippen LogP contribution is -1.94. The summed E-state index contributed by atoms with van der Waals surface area (Å²) in [6.07, 6.45) is 3.39. The first-order chi connectivity index (χ1) is 7.29. The lowest BCUT2D eigenvalue weighted by molar-refractivity contribution is 1.06. The highest BCUT2D eigenvalue weighted by molar-refractivity contribution is 5.58. The first-order valence-corrected chi connectivity index (χ1v) is 4.46. The van der Waals surface area contributed by atoms with Gasteiger partial charge in [0.15, 0.2) is 0 Å². The van der Waals surface area contributed by atoms with E-state index in [1.165, 1.54) is 0 Å². The summed E-state index contributed by atoms with van der Waals surface area (Å²) < 4.78 is 0. The van der Waals surface area contributed by atoms with Gasteiger partial charge in [0.05, 0.1) is 5.69 Å². The molecule has 0 amide bonds. The van der Waals surface area contributed by atoms with E-state index < -0.39 is 0 Å². The largest absolute Gasteiger partial charge is 0.265 e. The fourth-order valence-corrected chi connectivity index (χ4v) is 1.29. The van der Waals surface area contributed by atoms with Crippen molar-refractivity contribution in [3.63, 3.8) is 0 Å². The van der Waals surface area contributed by atoms with Crippen LogP contribution in [0.15, 0.2) is 30.6 Å². The van der Waals surface area contributed by atoms with E-state index in [0.29, 0.717) is 0 Å². The molecular formula is C11H8N4. The Morgan fingerprint density at radius 2 is 1.93 bits per heavy atom. The fraction of sp³-hybridized carbons (Fsp3) is 0.0909. The van der Waals surface area contributed by atoms with E-state index in [1.807, 2.05) is 31.2 Å². The number of hydrogen-bond acceptors (Lipinski definition) is 4. The Hall–Kier alpha value is -2.28. The molecule has 4 nitrogen and oxygen atoms in total. The highest BCUT2D eigenvalue weighted by atomic mass is 14.9. The second-order valence-corrected chi connectivity index (χ2v) is 3.07. The number of rotatable bonds is 1. The van der Waals surface area contributed by atoms with Gasteiger partial charge in [0, 0.05) is 23.7 Å². The van der Waals surface area contributed by atoms with Crippen LogP contribution in [0.2, 0.25) is 0 Å². The molecule has 2 aromatic heterocycles. The molecule has 4 heteroatoms. The highest BCUT2D eigenvalue weighted by Gasteiger charge is 2.03. The lowest BCUT2D eigenvalue weighted by Gasteiger charge is -2.01. The molecule has 72 valence electrons. The molecule has 0 aliphatic rings. The van der Waals surface area contributed by atoms with Crippen LogP contribution < -0.4 is 0 Å². The third-order valence-electron chi connectivity index (χ3n) is 1.93. The molecule has 0 atom stereocenters. The predicted octanol–water partition coefficient (Wildman–Crippen LogP) is 1.72. The number of aromatic nitrogens is 3. The number of aryl methyl sites for hydroxylation is 1. The number of nitrogens with zero attached hydrogens (tertiary/aromatic N) is 4. The highest BCUT2D eigenvalue weighted by Crippen LogP contribution is 2.15. The van der Waals surface area contributed by atoms with Gasteiger partial charge in [-0.05, 0) is 25.1 Å². The average Bonchev–Trinajstić information content (AvgIpc) is 2.29. The van der Waals surface area contributed by atoms with Crippen molar-refractivity contribution >= 4 is 0 Å². The van der Waals surface area contributed by atoms with Crippen LogP contribution in [0.25, 0.3) is 11.3 Å². The van der Waals surface area contributed by atoms with Crippen molar-refractivity contribution in [3.05, 3.63) is 42.1 Å². The van der Waals surface area contributed by atoms with Crippen LogP contribution >= 0.6 is 0 Å². The van der Waals surface area contributed by atoms with Gasteiger partial charge in [0.1, 0.15) is 6.07 Å². The Bertz CT molecular complexity index is 514. The summed E-state index contributed by atoms with van der Waals surface area (Å²) in [6.45, 7) is 1.84. The number of hydrogen-bond donors (Lipinski definition) is 0. The zero-order chi connectivity index (χ0) is 10.7. The van der Waals surface area contributed by atoms with Crippen molar-refractivity contribution in [2.75, 3.05) is 0 Å². The monoisotopic (exact) mass is 196 g/mol. The first-order valence-electron chi connectivity index (χ1n) is 4.46. The van der Waals surface area contributed by atoms with Gasteiger partial charge in [0.2, 0.25) is 5.82 Å². The zero-order valence-electron chi connectivity index (χ0n) is 8.18. The smallest absolute Gasteiger partial charge is 0.232 e. The number of nitriles is 1. The van der Waals surface area contributed by atoms with Crippen LogP contribution in [0, 0.1) is 18.3 Å². The third-order valence-corrected chi connectivity index (χ3v) is 1.93. The standard InChI is InChI=1S/C11H8N4/c1-8-6-10(15-11(7-12)14-8)9-2-4-13-5-3-9/h2-6H,1H3. The Morgan fingerprint density at radius 3 is 2.60 bits per heavy atom. The average molecular weight is 196 g/mol. The van der Waals surface area contributed by atoms with Crippen molar-refractivity contribution in [1.29, 1.82) is 5.26 Å². The molecule has 0 radical (unpaired) electrons. The maximum atomic E-state index is 8.75. The molecule has 0 unspecified atom stereocenters. The lowest BCUT2D eigenvalue weighted by atomic mass is 10.2. The Morgan fingerprint density at radius 1 is 1.20 bits per heavy atom. The molecule has 0 aliphatic heterocycles. The van der Waals surface area contributed by atoms with Crippen molar-refractivity contribution in [2.24, 2.45) is 0 Å². The SMILES string of the molecule is Cc1cc(-c2ccncc2)nc(C#N)n1. The quantitative estimate of drug-likeness (QED) is 0.696. The van der Waals surface area contributed by atoms with Crippen LogP contribution in [-0.2, 0) is 0 Å². The van der Waals surface area contributed by atoms with E-state index in [0.717, 1.165) is 17.0 Å². The van der Waals surface area contributed by atoms with Gasteiger partial charge in [-0.15, -0.1) is 0 Å². The molecule has 0 bridgehead atoms. The molecule has 2 aromatic rings. The molecule has 2 rings (SSSR count). The predicted molar refractivity (Wildman–Crippen MR) is 54.7 cm³/mol. The summed E-state index contributed by atoms with van der Waals surface area (Å²) in [5.41, 5.74) is 2.47. The second-order valence-electron chi connectivity index (χ2n) is 3.07. The van der Waals surface area contributed by atoms with Gasteiger partial charge in [0.25, 0.3) is 0 Å². The zero-order valence-corrected chi connectivity index (χ0v) is 8.18. The van der Waals surface area contributed by atoms with Gasteiger partial charge >= 0.3 is 0 Å². The molecular weight excluding hydrogens is 188 g/mol. The van der Waals surface area contributed by atoms with Crippen LogP contribution in [-0.4, -0.2) is 15.0 Å². The summed E-state index contributed by atoms with van der Waals surface area (Å²) in [5, 5.41) is 8.75. The third kappa shape index (κ3) is 1.97. The van der Waals surface area contributed by atoms with Gasteiger partial charge in [-0.25, -0.2) is 9.97 Å². The summed E-state index contributed by atoms with van der Waals surface area (Å²) >= 11 is 0. The molecule has 15 heavy (non-hydrogen) atoms. The van der Waals surface area contributed by atoms with Crippen molar-refractivity contribution in [1.82, 2.24) is 15.0 Å². The molecule has 0 saturated carbocycles. The topological polar surface area (TPSA) is 62.5 Å². The summed E-state index contributed by atoms with van der Waals surface area (Å²) in [5.74, 6) is 0.196. The van der Waals surface area contributed by atoms with Crippen LogP contribution in [0.4, 0.5) is 0 Å². The van der Waals surface area contributed by atoms with Crippen LogP contribution in [0.5, 0.6) is 0 Å². The number of pyridine rings is 1. The molecule has 0 fully saturated rings. The van der Waals surface area contributed by atoms with Gasteiger partial charge < -0.3 is 0 Å². The van der Waals surface area contributed by atoms with Gasteiger partial charge in [-0.3, -0.25) is 4.98 Å². The Labute approximate surface area is 87.3 Å². The van der Waals surface area contributed by atoms with Crippen molar-refractivity contribution < 1.29 is 0 Å². The van der Waals surface area contributed by atoms with E-state index in [-0.39, 0.29) is 5.82 Å². The molecule has 0 N–H and O–H groups in total. The summed E-state index contributed by atoms with van der Waals surface area (Å²) in [7, 11) is 0. The van der Waals surface area contributed by atoms with Gasteiger partial charge in [-0.2, -0.15) is 5.26 Å². The fourth-order valence-electron chi connectivity index (χ4n) is 1.29. The molecule has 2 heterocycles. The second kappa shape index (κ2) is 3.84. The minimum absolute atomic E-state index is 0.196. The van der Waals surface area contributed by atoms with E-state index >= 15 is 0 Å². The van der Waals surface area contributed by atoms with Gasteiger partial charge in [-0.1, -0.05) is 0 Å². The minimum atomic E-state index is 0.196. The molecule has 0 aromatic carbocycles. The van der Waals surface area contributed by atoms with E-state index in [1.54, 1.807) is 12.4 Å². The van der Waals surface area contributed by atoms with E-state index in [4.69, 9.17) is 5.26 Å². The van der Waals surface area contributed by atoms with Crippen LogP contribution in [0.1, 0.15) is 11.5 Å². The summed E-state index contributed by atoms with van der Waals surface area (Å²) in [6, 6.07) is 7.48. The molecule has 0 spiro atoms. The van der Waals surface area contributed by atoms with Crippen LogP contribution in [0.3, 0.4) is 0 Å². The Kier molecular flexibility index (Phi) is 2.38. The maximum Gasteiger partial charge on any atom is 0.232 e. The minimum Gasteiger partial charge on any atom is -0.265 e. The van der Waals surface area contributed by atoms with E-state index in [9.17, 15) is 0 Å². The first kappa shape index (κ1) is 9.28. The van der Waals surface area contributed by atoms with Crippen molar-refractivity contribution in [3.8, 4) is 17.3 Å². The Balaban J connectivity index is 2.55. The molecule has 0 aliphatic carbocycles. The normalized spacial score (nSPS) is 9.60. The summed E-state index contributed by atoms with van der Waals surface area (Å²) in [4.78, 5) is 12.0.